The van der Waals surface area contributed by atoms with Crippen molar-refractivity contribution in [3.63, 3.8) is 0 Å². The average molecular weight is 448 g/mol. The van der Waals surface area contributed by atoms with Gasteiger partial charge >= 0.3 is 5.97 Å². The standard InChI is InChI=1S/C26H41NO5/c1-18(28)15-27-23(31)26(8,17-24(2,3)4)14-20(25(5,6)7)21(29)22(30)32-16-19-12-10-9-11-13-19/h9-13,18,20,28H,14-17H2,1-8H3,(H,27,31). The Hall–Kier alpha value is -2.21. The molecule has 0 saturated heterocycles. The number of carbonyl (C=O) groups is 3. The van der Waals surface area contributed by atoms with E-state index in [9.17, 15) is 19.5 Å². The van der Waals surface area contributed by atoms with E-state index in [0.717, 1.165) is 5.56 Å². The molecule has 1 amide bonds. The molecule has 0 aliphatic heterocycles. The van der Waals surface area contributed by atoms with Crippen LogP contribution in [0.3, 0.4) is 0 Å². The lowest BCUT2D eigenvalue weighted by atomic mass is 9.64. The Kier molecular flexibility index (Phi) is 9.64. The Labute approximate surface area is 193 Å². The molecule has 0 bridgehead atoms. The van der Waals surface area contributed by atoms with Crippen LogP contribution in [0.2, 0.25) is 0 Å². The Bertz CT molecular complexity index is 774. The monoisotopic (exact) mass is 447 g/mol. The predicted octanol–water partition coefficient (Wildman–Crippen LogP) is 4.29. The lowest BCUT2D eigenvalue weighted by Gasteiger charge is -2.40. The molecular formula is C26H41NO5. The Morgan fingerprint density at radius 2 is 1.56 bits per heavy atom. The number of aliphatic hydroxyl groups is 1. The second-order valence-corrected chi connectivity index (χ2v) is 11.4. The van der Waals surface area contributed by atoms with Gasteiger partial charge in [-0.3, -0.25) is 9.59 Å². The van der Waals surface area contributed by atoms with Gasteiger partial charge in [0.05, 0.1) is 6.10 Å². The number of ketones is 1. The van der Waals surface area contributed by atoms with Crippen molar-refractivity contribution in [1.82, 2.24) is 5.32 Å². The number of ether oxygens (including phenoxy) is 1. The molecule has 0 aromatic heterocycles. The summed E-state index contributed by atoms with van der Waals surface area (Å²) in [6.07, 6.45) is 0.0503. The summed E-state index contributed by atoms with van der Waals surface area (Å²) in [6.45, 7) is 15.4. The van der Waals surface area contributed by atoms with Gasteiger partial charge in [0, 0.05) is 17.9 Å². The molecule has 2 N–H and O–H groups in total. The second-order valence-electron chi connectivity index (χ2n) is 11.4. The quantitative estimate of drug-likeness (QED) is 0.412. The molecule has 3 unspecified atom stereocenters. The third-order valence-corrected chi connectivity index (χ3v) is 5.46. The van der Waals surface area contributed by atoms with Gasteiger partial charge in [-0.05, 0) is 36.2 Å². The molecule has 32 heavy (non-hydrogen) atoms. The van der Waals surface area contributed by atoms with E-state index >= 15 is 0 Å². The van der Waals surface area contributed by atoms with Crippen LogP contribution < -0.4 is 5.32 Å². The van der Waals surface area contributed by atoms with Gasteiger partial charge in [0.2, 0.25) is 11.7 Å². The first-order chi connectivity index (χ1) is 14.5. The predicted molar refractivity (Wildman–Crippen MR) is 126 cm³/mol. The van der Waals surface area contributed by atoms with E-state index in [-0.39, 0.29) is 30.9 Å². The minimum atomic E-state index is -0.902. The number of aliphatic hydroxyl groups excluding tert-OH is 1. The number of hydrogen-bond acceptors (Lipinski definition) is 5. The zero-order chi connectivity index (χ0) is 24.7. The van der Waals surface area contributed by atoms with Crippen LogP contribution in [0.1, 0.15) is 73.8 Å². The number of benzene rings is 1. The number of amides is 1. The van der Waals surface area contributed by atoms with Crippen molar-refractivity contribution in [2.24, 2.45) is 22.2 Å². The minimum Gasteiger partial charge on any atom is -0.455 e. The van der Waals surface area contributed by atoms with Gasteiger partial charge < -0.3 is 15.2 Å². The number of nitrogens with one attached hydrogen (secondary N) is 1. The fraction of sp³-hybridized carbons (Fsp3) is 0.654. The van der Waals surface area contributed by atoms with E-state index in [1.807, 2.05) is 78.8 Å². The highest BCUT2D eigenvalue weighted by Crippen LogP contribution is 2.43. The molecule has 1 rings (SSSR count). The van der Waals surface area contributed by atoms with Crippen LogP contribution in [0.25, 0.3) is 0 Å². The van der Waals surface area contributed by atoms with Crippen molar-refractivity contribution in [3.8, 4) is 0 Å². The number of carbonyl (C=O) groups excluding carboxylic acids is 3. The van der Waals surface area contributed by atoms with E-state index in [1.54, 1.807) is 6.92 Å². The molecular weight excluding hydrogens is 406 g/mol. The molecule has 6 nitrogen and oxygen atoms in total. The molecule has 180 valence electrons. The summed E-state index contributed by atoms with van der Waals surface area (Å²) >= 11 is 0. The van der Waals surface area contributed by atoms with Crippen molar-refractivity contribution < 1.29 is 24.2 Å². The van der Waals surface area contributed by atoms with Crippen LogP contribution in [0.5, 0.6) is 0 Å². The highest BCUT2D eigenvalue weighted by Gasteiger charge is 2.45. The fourth-order valence-electron chi connectivity index (χ4n) is 4.05. The van der Waals surface area contributed by atoms with Gasteiger partial charge in [0.15, 0.2) is 0 Å². The van der Waals surface area contributed by atoms with E-state index in [0.29, 0.717) is 6.42 Å². The van der Waals surface area contributed by atoms with E-state index < -0.39 is 34.6 Å². The molecule has 0 fully saturated rings. The van der Waals surface area contributed by atoms with Crippen LogP contribution in [-0.2, 0) is 25.7 Å². The number of hydrogen-bond donors (Lipinski definition) is 2. The normalized spacial score (nSPS) is 15.9. The summed E-state index contributed by atoms with van der Waals surface area (Å²) in [4.78, 5) is 39.0. The first-order valence-corrected chi connectivity index (χ1v) is 11.3. The Balaban J connectivity index is 3.11. The molecule has 3 atom stereocenters. The van der Waals surface area contributed by atoms with Crippen molar-refractivity contribution in [1.29, 1.82) is 0 Å². The molecule has 0 spiro atoms. The molecule has 0 aliphatic rings. The minimum absolute atomic E-state index is 0.0242. The van der Waals surface area contributed by atoms with Crippen molar-refractivity contribution >= 4 is 17.7 Å². The SMILES string of the molecule is CC(O)CNC(=O)C(C)(CC(C(=O)C(=O)OCc1ccccc1)C(C)(C)C)CC(C)(C)C. The zero-order valence-corrected chi connectivity index (χ0v) is 21.0. The zero-order valence-electron chi connectivity index (χ0n) is 21.0. The molecule has 1 aromatic carbocycles. The first-order valence-electron chi connectivity index (χ1n) is 11.3. The second kappa shape index (κ2) is 11.1. The average Bonchev–Trinajstić information content (AvgIpc) is 2.66. The smallest absolute Gasteiger partial charge is 0.375 e. The summed E-state index contributed by atoms with van der Waals surface area (Å²) < 4.78 is 5.30. The van der Waals surface area contributed by atoms with Crippen LogP contribution in [-0.4, -0.2) is 35.4 Å². The summed E-state index contributed by atoms with van der Waals surface area (Å²) in [7, 11) is 0. The van der Waals surface area contributed by atoms with Gasteiger partial charge in [0.1, 0.15) is 6.61 Å². The topological polar surface area (TPSA) is 92.7 Å². The molecule has 0 radical (unpaired) electrons. The van der Waals surface area contributed by atoms with Crippen LogP contribution in [0, 0.1) is 22.2 Å². The summed E-state index contributed by atoms with van der Waals surface area (Å²) in [6, 6.07) is 9.20. The fourth-order valence-corrected chi connectivity index (χ4v) is 4.05. The molecule has 0 aliphatic carbocycles. The van der Waals surface area contributed by atoms with Gasteiger partial charge in [-0.1, -0.05) is 78.8 Å². The Morgan fingerprint density at radius 1 is 1.00 bits per heavy atom. The van der Waals surface area contributed by atoms with E-state index in [1.165, 1.54) is 0 Å². The van der Waals surface area contributed by atoms with Crippen molar-refractivity contribution in [2.75, 3.05) is 6.54 Å². The summed E-state index contributed by atoms with van der Waals surface area (Å²) in [5, 5.41) is 12.4. The molecule has 1 aromatic rings. The van der Waals surface area contributed by atoms with Crippen molar-refractivity contribution in [3.05, 3.63) is 35.9 Å². The van der Waals surface area contributed by atoms with E-state index in [2.05, 4.69) is 5.32 Å². The van der Waals surface area contributed by atoms with Crippen LogP contribution in [0.4, 0.5) is 0 Å². The molecule has 0 saturated carbocycles. The van der Waals surface area contributed by atoms with Gasteiger partial charge in [-0.2, -0.15) is 0 Å². The highest BCUT2D eigenvalue weighted by atomic mass is 16.5. The third kappa shape index (κ3) is 9.11. The van der Waals surface area contributed by atoms with Gasteiger partial charge in [-0.15, -0.1) is 0 Å². The maximum Gasteiger partial charge on any atom is 0.375 e. The number of Topliss-reactive ketones (excluding diaryl/α,β-unsaturated/α-hetero) is 1. The van der Waals surface area contributed by atoms with Crippen molar-refractivity contribution in [2.45, 2.75) is 80.9 Å². The van der Waals surface area contributed by atoms with Gasteiger partial charge in [0.25, 0.3) is 0 Å². The molecule has 0 heterocycles. The largest absolute Gasteiger partial charge is 0.455 e. The number of esters is 1. The molecule has 6 heteroatoms. The van der Waals surface area contributed by atoms with Crippen LogP contribution >= 0.6 is 0 Å². The summed E-state index contributed by atoms with van der Waals surface area (Å²) in [5.41, 5.74) is -0.834. The maximum atomic E-state index is 13.2. The Morgan fingerprint density at radius 3 is 2.03 bits per heavy atom. The first kappa shape index (κ1) is 27.8. The van der Waals surface area contributed by atoms with Crippen LogP contribution in [0.15, 0.2) is 30.3 Å². The highest BCUT2D eigenvalue weighted by molar-refractivity contribution is 6.34. The third-order valence-electron chi connectivity index (χ3n) is 5.46. The lowest BCUT2D eigenvalue weighted by molar-refractivity contribution is -0.159. The lowest BCUT2D eigenvalue weighted by Crippen LogP contribution is -2.47. The maximum absolute atomic E-state index is 13.2. The van der Waals surface area contributed by atoms with E-state index in [4.69, 9.17) is 4.74 Å². The van der Waals surface area contributed by atoms with Gasteiger partial charge in [-0.25, -0.2) is 4.79 Å². The summed E-state index contributed by atoms with van der Waals surface area (Å²) in [5.74, 6) is -2.42. The number of rotatable bonds is 10.